The Hall–Kier alpha value is -3.29. The number of carbonyl (C=O) groups excluding carboxylic acids is 1. The topological polar surface area (TPSA) is 89.6 Å². The van der Waals surface area contributed by atoms with Gasteiger partial charge in [-0.1, -0.05) is 12.8 Å². The zero-order valence-electron chi connectivity index (χ0n) is 19.3. The summed E-state index contributed by atoms with van der Waals surface area (Å²) in [5.41, 5.74) is 1.93. The number of hydrogen-bond acceptors (Lipinski definition) is 5. The van der Waals surface area contributed by atoms with E-state index < -0.39 is 11.7 Å². The van der Waals surface area contributed by atoms with Crippen LogP contribution in [0.5, 0.6) is 5.75 Å². The minimum Gasteiger partial charge on any atom is -0.508 e. The number of imidazole rings is 1. The molecule has 2 heterocycles. The molecular formula is C24H30N4O4. The van der Waals surface area contributed by atoms with Crippen molar-refractivity contribution in [3.05, 3.63) is 46.5 Å². The van der Waals surface area contributed by atoms with Crippen molar-refractivity contribution in [2.45, 2.75) is 65.0 Å². The van der Waals surface area contributed by atoms with E-state index in [4.69, 9.17) is 4.74 Å². The van der Waals surface area contributed by atoms with Gasteiger partial charge in [-0.3, -0.25) is 9.13 Å². The maximum atomic E-state index is 13.3. The summed E-state index contributed by atoms with van der Waals surface area (Å²) in [5, 5.41) is 9.86. The first-order valence-electron chi connectivity index (χ1n) is 11.0. The highest BCUT2D eigenvalue weighted by molar-refractivity contribution is 5.97. The summed E-state index contributed by atoms with van der Waals surface area (Å²) in [6.07, 6.45) is 5.17. The van der Waals surface area contributed by atoms with Crippen molar-refractivity contribution in [3.8, 4) is 5.75 Å². The highest BCUT2D eigenvalue weighted by Gasteiger charge is 2.29. The van der Waals surface area contributed by atoms with Gasteiger partial charge in [0.2, 0.25) is 0 Å². The van der Waals surface area contributed by atoms with Gasteiger partial charge in [-0.15, -0.1) is 0 Å². The van der Waals surface area contributed by atoms with Gasteiger partial charge in [-0.2, -0.15) is 0 Å². The Morgan fingerprint density at radius 2 is 1.88 bits per heavy atom. The number of rotatable bonds is 3. The van der Waals surface area contributed by atoms with Crippen molar-refractivity contribution >= 4 is 28.6 Å². The highest BCUT2D eigenvalue weighted by atomic mass is 16.6. The van der Waals surface area contributed by atoms with E-state index in [0.717, 1.165) is 36.7 Å². The maximum Gasteiger partial charge on any atom is 0.420 e. The number of anilines is 2. The predicted molar refractivity (Wildman–Crippen MR) is 124 cm³/mol. The van der Waals surface area contributed by atoms with Gasteiger partial charge in [0, 0.05) is 19.2 Å². The summed E-state index contributed by atoms with van der Waals surface area (Å²) in [5.74, 6) is 0.467. The summed E-state index contributed by atoms with van der Waals surface area (Å²) >= 11 is 0. The Kier molecular flexibility index (Phi) is 5.48. The number of aromatic hydroxyl groups is 1. The zero-order chi connectivity index (χ0) is 23.2. The smallest absolute Gasteiger partial charge is 0.420 e. The fraction of sp³-hybridized carbons (Fsp3) is 0.458. The molecule has 0 saturated heterocycles. The first kappa shape index (κ1) is 21.9. The number of fused-ring (bicyclic) bond motifs is 1. The standard InChI is InChI=1S/C24H30N4O4/c1-15-12-17(29)10-11-18(15)28(23(31)32-24(2,3)4)21-13-19-20(14-25-21)26(5)22(30)27(19)16-8-6-7-9-16/h10-14,16,29H,6-9H2,1-5H3. The van der Waals surface area contributed by atoms with Crippen molar-refractivity contribution < 1.29 is 14.6 Å². The third-order valence-corrected chi connectivity index (χ3v) is 5.88. The number of benzene rings is 1. The van der Waals surface area contributed by atoms with Gasteiger partial charge in [-0.05, 0) is 64.3 Å². The maximum absolute atomic E-state index is 13.3. The number of aryl methyl sites for hydroxylation is 2. The molecule has 1 N–H and O–H groups in total. The van der Waals surface area contributed by atoms with Gasteiger partial charge >= 0.3 is 11.8 Å². The third kappa shape index (κ3) is 3.97. The van der Waals surface area contributed by atoms with Crippen LogP contribution in [0.25, 0.3) is 11.0 Å². The molecule has 1 fully saturated rings. The Morgan fingerprint density at radius 1 is 1.19 bits per heavy atom. The average molecular weight is 439 g/mol. The van der Waals surface area contributed by atoms with Gasteiger partial charge in [0.25, 0.3) is 0 Å². The molecule has 8 heteroatoms. The minimum atomic E-state index is -0.705. The van der Waals surface area contributed by atoms with Crippen LogP contribution in [-0.2, 0) is 11.8 Å². The molecule has 1 saturated carbocycles. The molecule has 0 aliphatic heterocycles. The average Bonchev–Trinajstić information content (AvgIpc) is 3.30. The van der Waals surface area contributed by atoms with Gasteiger partial charge in [0.1, 0.15) is 17.2 Å². The molecule has 32 heavy (non-hydrogen) atoms. The molecule has 0 radical (unpaired) electrons. The summed E-state index contributed by atoms with van der Waals surface area (Å²) in [6.45, 7) is 7.22. The normalized spacial score (nSPS) is 14.8. The first-order valence-corrected chi connectivity index (χ1v) is 11.0. The van der Waals surface area contributed by atoms with E-state index in [1.807, 2.05) is 11.5 Å². The largest absolute Gasteiger partial charge is 0.508 e. The van der Waals surface area contributed by atoms with Crippen LogP contribution in [0, 0.1) is 6.92 Å². The summed E-state index contributed by atoms with van der Waals surface area (Å²) < 4.78 is 9.12. The monoisotopic (exact) mass is 438 g/mol. The first-order chi connectivity index (χ1) is 15.1. The minimum absolute atomic E-state index is 0.0736. The number of carbonyl (C=O) groups is 1. The lowest BCUT2D eigenvalue weighted by Crippen LogP contribution is -2.34. The third-order valence-electron chi connectivity index (χ3n) is 5.88. The molecule has 0 bridgehead atoms. The fourth-order valence-electron chi connectivity index (χ4n) is 4.40. The Bertz CT molecular complexity index is 1230. The number of hydrogen-bond donors (Lipinski definition) is 1. The number of aromatic nitrogens is 3. The van der Waals surface area contributed by atoms with Gasteiger partial charge in [0.15, 0.2) is 0 Å². The second-order valence-electron chi connectivity index (χ2n) is 9.47. The molecule has 1 aromatic carbocycles. The number of phenols is 1. The van der Waals surface area contributed by atoms with E-state index in [2.05, 4.69) is 4.98 Å². The van der Waals surface area contributed by atoms with Crippen LogP contribution in [0.4, 0.5) is 16.3 Å². The summed E-state index contributed by atoms with van der Waals surface area (Å²) in [7, 11) is 1.74. The quantitative estimate of drug-likeness (QED) is 0.626. The molecule has 0 spiro atoms. The van der Waals surface area contributed by atoms with E-state index in [1.54, 1.807) is 56.8 Å². The molecule has 2 aromatic heterocycles. The van der Waals surface area contributed by atoms with Crippen molar-refractivity contribution in [1.82, 2.24) is 14.1 Å². The Balaban J connectivity index is 1.90. The second-order valence-corrected chi connectivity index (χ2v) is 9.47. The molecule has 170 valence electrons. The van der Waals surface area contributed by atoms with Crippen LogP contribution in [0.15, 0.2) is 35.3 Å². The molecular weight excluding hydrogens is 408 g/mol. The lowest BCUT2D eigenvalue weighted by molar-refractivity contribution is 0.0598. The Morgan fingerprint density at radius 3 is 2.50 bits per heavy atom. The SMILES string of the molecule is Cc1cc(O)ccc1N(C(=O)OC(C)(C)C)c1cc2c(cn1)n(C)c(=O)n2C1CCCC1. The molecule has 8 nitrogen and oxygen atoms in total. The highest BCUT2D eigenvalue weighted by Crippen LogP contribution is 2.35. The number of amides is 1. The number of nitrogens with zero attached hydrogens (tertiary/aromatic N) is 4. The lowest BCUT2D eigenvalue weighted by atomic mass is 10.1. The summed E-state index contributed by atoms with van der Waals surface area (Å²) in [6, 6.07) is 6.70. The fourth-order valence-corrected chi connectivity index (χ4v) is 4.40. The van der Waals surface area contributed by atoms with Crippen LogP contribution >= 0.6 is 0 Å². The van der Waals surface area contributed by atoms with E-state index >= 15 is 0 Å². The van der Waals surface area contributed by atoms with Gasteiger partial charge in [0.05, 0.1) is 22.9 Å². The van der Waals surface area contributed by atoms with Crippen molar-refractivity contribution in [2.24, 2.45) is 7.05 Å². The van der Waals surface area contributed by atoms with E-state index in [-0.39, 0.29) is 17.5 Å². The Labute approximate surface area is 187 Å². The van der Waals surface area contributed by atoms with Crippen LogP contribution in [0.2, 0.25) is 0 Å². The molecule has 4 rings (SSSR count). The van der Waals surface area contributed by atoms with Crippen molar-refractivity contribution in [2.75, 3.05) is 4.90 Å². The van der Waals surface area contributed by atoms with E-state index in [1.165, 1.54) is 11.0 Å². The van der Waals surface area contributed by atoms with Crippen LogP contribution in [0.1, 0.15) is 58.1 Å². The summed E-state index contributed by atoms with van der Waals surface area (Å²) in [4.78, 5) is 32.2. The molecule has 0 atom stereocenters. The number of phenolic OH excluding ortho intramolecular Hbond substituents is 1. The lowest BCUT2D eigenvalue weighted by Gasteiger charge is -2.28. The predicted octanol–water partition coefficient (Wildman–Crippen LogP) is 4.94. The van der Waals surface area contributed by atoms with Crippen LogP contribution in [0.3, 0.4) is 0 Å². The van der Waals surface area contributed by atoms with E-state index in [9.17, 15) is 14.7 Å². The number of pyridine rings is 1. The van der Waals surface area contributed by atoms with Crippen LogP contribution < -0.4 is 10.6 Å². The van der Waals surface area contributed by atoms with Crippen molar-refractivity contribution in [3.63, 3.8) is 0 Å². The number of ether oxygens (including phenoxy) is 1. The molecule has 0 unspecified atom stereocenters. The van der Waals surface area contributed by atoms with Gasteiger partial charge < -0.3 is 9.84 Å². The second kappa shape index (κ2) is 8.00. The molecule has 1 aliphatic rings. The molecule has 1 amide bonds. The molecule has 1 aliphatic carbocycles. The molecule has 3 aromatic rings. The van der Waals surface area contributed by atoms with Crippen LogP contribution in [-0.4, -0.2) is 30.9 Å². The van der Waals surface area contributed by atoms with Crippen molar-refractivity contribution in [1.29, 1.82) is 0 Å². The zero-order valence-corrected chi connectivity index (χ0v) is 19.3. The van der Waals surface area contributed by atoms with Gasteiger partial charge in [-0.25, -0.2) is 19.5 Å². The van der Waals surface area contributed by atoms with E-state index in [0.29, 0.717) is 17.1 Å².